The first-order chi connectivity index (χ1) is 11.7. The smallest absolute Gasteiger partial charge is 0.237 e. The monoisotopic (exact) mass is 360 g/mol. The van der Waals surface area contributed by atoms with Crippen LogP contribution in [0.4, 0.5) is 0 Å². The molecule has 24 heavy (non-hydrogen) atoms. The first-order valence-electron chi connectivity index (χ1n) is 8.31. The van der Waals surface area contributed by atoms with Crippen LogP contribution in [0.5, 0.6) is 0 Å². The van der Waals surface area contributed by atoms with Gasteiger partial charge in [-0.25, -0.2) is 0 Å². The molecule has 0 bridgehead atoms. The van der Waals surface area contributed by atoms with E-state index in [4.69, 9.17) is 0 Å². The summed E-state index contributed by atoms with van der Waals surface area (Å²) in [5, 5.41) is 2.10. The first kappa shape index (κ1) is 17.5. The van der Waals surface area contributed by atoms with Gasteiger partial charge in [-0.2, -0.15) is 0 Å². The maximum Gasteiger partial charge on any atom is 0.237 e. The molecule has 5 heteroatoms. The normalized spacial score (nSPS) is 17.6. The molecule has 1 aromatic carbocycles. The van der Waals surface area contributed by atoms with Crippen LogP contribution in [-0.2, 0) is 11.3 Å². The quantitative estimate of drug-likeness (QED) is 0.719. The Morgan fingerprint density at radius 2 is 2.12 bits per heavy atom. The van der Waals surface area contributed by atoms with Crippen molar-refractivity contribution in [3.05, 3.63) is 52.2 Å². The number of likely N-dealkylation sites (tertiary alicyclic amines) is 1. The first-order valence-corrected chi connectivity index (χ1v) is 10.4. The highest BCUT2D eigenvalue weighted by atomic mass is 32.2. The van der Waals surface area contributed by atoms with Gasteiger partial charge in [0.25, 0.3) is 0 Å². The predicted molar refractivity (Wildman–Crippen MR) is 103 cm³/mol. The van der Waals surface area contributed by atoms with Gasteiger partial charge in [-0.15, -0.1) is 23.1 Å². The molecule has 128 valence electrons. The van der Waals surface area contributed by atoms with Gasteiger partial charge in [0.2, 0.25) is 5.91 Å². The van der Waals surface area contributed by atoms with E-state index in [1.165, 1.54) is 15.3 Å². The van der Waals surface area contributed by atoms with Gasteiger partial charge in [-0.3, -0.25) is 9.69 Å². The maximum atomic E-state index is 12.7. The minimum Gasteiger partial charge on any atom is -0.334 e. The Morgan fingerprint density at radius 1 is 1.33 bits per heavy atom. The summed E-state index contributed by atoms with van der Waals surface area (Å²) in [6, 6.07) is 13.1. The second-order valence-corrected chi connectivity index (χ2v) is 8.14. The van der Waals surface area contributed by atoms with Crippen LogP contribution in [0.25, 0.3) is 0 Å². The molecule has 1 unspecified atom stereocenters. The molecule has 0 radical (unpaired) electrons. The van der Waals surface area contributed by atoms with Gasteiger partial charge in [0.15, 0.2) is 0 Å². The summed E-state index contributed by atoms with van der Waals surface area (Å²) in [5.41, 5.74) is 1.25. The third-order valence-electron chi connectivity index (χ3n) is 4.46. The molecule has 1 aliphatic rings. The van der Waals surface area contributed by atoms with Crippen LogP contribution in [0, 0.1) is 0 Å². The van der Waals surface area contributed by atoms with Crippen molar-refractivity contribution in [2.75, 3.05) is 26.4 Å². The number of thiophene rings is 1. The Bertz CT molecular complexity index is 655. The minimum absolute atomic E-state index is 0.245. The van der Waals surface area contributed by atoms with Crippen molar-refractivity contribution in [1.82, 2.24) is 9.80 Å². The van der Waals surface area contributed by atoms with Gasteiger partial charge < -0.3 is 4.90 Å². The molecule has 1 atom stereocenters. The Labute approximate surface area is 152 Å². The number of benzene rings is 1. The van der Waals surface area contributed by atoms with Crippen LogP contribution in [0.3, 0.4) is 0 Å². The molecule has 3 rings (SSSR count). The highest BCUT2D eigenvalue weighted by Gasteiger charge is 2.30. The lowest BCUT2D eigenvalue weighted by Gasteiger charge is -2.26. The Balaban J connectivity index is 1.57. The van der Waals surface area contributed by atoms with E-state index in [9.17, 15) is 4.79 Å². The molecule has 2 heterocycles. The number of likely N-dealkylation sites (N-methyl/N-ethyl adjacent to an activating group) is 1. The van der Waals surface area contributed by atoms with Gasteiger partial charge >= 0.3 is 0 Å². The van der Waals surface area contributed by atoms with Crippen LogP contribution in [0.1, 0.15) is 29.3 Å². The SMILES string of the molecule is CSc1ccc(CN(C)CC(=O)N2CCCC2c2cccs2)cc1. The minimum atomic E-state index is 0.245. The molecular formula is C19H24N2OS2. The summed E-state index contributed by atoms with van der Waals surface area (Å²) in [5.74, 6) is 0.245. The van der Waals surface area contributed by atoms with Crippen LogP contribution >= 0.6 is 23.1 Å². The average Bonchev–Trinajstić information content (AvgIpc) is 3.26. The zero-order valence-corrected chi connectivity index (χ0v) is 15.9. The van der Waals surface area contributed by atoms with Crippen LogP contribution in [-0.4, -0.2) is 42.1 Å². The number of nitrogens with zero attached hydrogens (tertiary/aromatic N) is 2. The molecule has 0 aliphatic carbocycles. The van der Waals surface area contributed by atoms with E-state index in [1.807, 2.05) is 7.05 Å². The van der Waals surface area contributed by atoms with Crippen molar-refractivity contribution in [2.24, 2.45) is 0 Å². The van der Waals surface area contributed by atoms with Crippen LogP contribution in [0.2, 0.25) is 0 Å². The summed E-state index contributed by atoms with van der Waals surface area (Å²) in [6.45, 7) is 2.17. The van der Waals surface area contributed by atoms with E-state index in [1.54, 1.807) is 23.1 Å². The highest BCUT2D eigenvalue weighted by Crippen LogP contribution is 2.34. The molecule has 1 amide bonds. The molecule has 0 N–H and O–H groups in total. The van der Waals surface area contributed by atoms with Gasteiger partial charge in [-0.1, -0.05) is 18.2 Å². The molecular weight excluding hydrogens is 336 g/mol. The van der Waals surface area contributed by atoms with Crippen LogP contribution in [0.15, 0.2) is 46.7 Å². The zero-order chi connectivity index (χ0) is 16.9. The third-order valence-corrected chi connectivity index (χ3v) is 6.18. The number of hydrogen-bond acceptors (Lipinski definition) is 4. The van der Waals surface area contributed by atoms with E-state index in [-0.39, 0.29) is 11.9 Å². The van der Waals surface area contributed by atoms with E-state index >= 15 is 0 Å². The summed E-state index contributed by atoms with van der Waals surface area (Å²) in [6.07, 6.45) is 4.28. The van der Waals surface area contributed by atoms with E-state index in [2.05, 4.69) is 57.8 Å². The van der Waals surface area contributed by atoms with Gasteiger partial charge in [0.05, 0.1) is 12.6 Å². The lowest BCUT2D eigenvalue weighted by atomic mass is 10.2. The zero-order valence-electron chi connectivity index (χ0n) is 14.3. The predicted octanol–water partition coefficient (Wildman–Crippen LogP) is 4.27. The Morgan fingerprint density at radius 3 is 2.79 bits per heavy atom. The summed E-state index contributed by atoms with van der Waals surface area (Å²) >= 11 is 3.51. The fourth-order valence-electron chi connectivity index (χ4n) is 3.26. The summed E-state index contributed by atoms with van der Waals surface area (Å²) < 4.78 is 0. The fourth-order valence-corrected chi connectivity index (χ4v) is 4.54. The number of carbonyl (C=O) groups is 1. The molecule has 1 fully saturated rings. The maximum absolute atomic E-state index is 12.7. The number of hydrogen-bond donors (Lipinski definition) is 0. The third kappa shape index (κ3) is 4.21. The van der Waals surface area contributed by atoms with Crippen molar-refractivity contribution in [2.45, 2.75) is 30.3 Å². The molecule has 0 spiro atoms. The standard InChI is InChI=1S/C19H24N2OS2/c1-20(13-15-7-9-16(23-2)10-8-15)14-19(22)21-11-3-5-17(21)18-6-4-12-24-18/h4,6-10,12,17H,3,5,11,13-14H2,1-2H3. The Hall–Kier alpha value is -1.30. The summed E-state index contributed by atoms with van der Waals surface area (Å²) in [7, 11) is 2.02. The lowest BCUT2D eigenvalue weighted by Crippen LogP contribution is -2.38. The van der Waals surface area contributed by atoms with Gasteiger partial charge in [0, 0.05) is 22.9 Å². The van der Waals surface area contributed by atoms with Crippen molar-refractivity contribution in [1.29, 1.82) is 0 Å². The summed E-state index contributed by atoms with van der Waals surface area (Å²) in [4.78, 5) is 19.5. The number of thioether (sulfide) groups is 1. The second kappa shape index (κ2) is 8.19. The average molecular weight is 361 g/mol. The second-order valence-electron chi connectivity index (χ2n) is 6.28. The van der Waals surface area contributed by atoms with E-state index in [0.29, 0.717) is 6.54 Å². The topological polar surface area (TPSA) is 23.6 Å². The van der Waals surface area contributed by atoms with Crippen molar-refractivity contribution in [3.63, 3.8) is 0 Å². The van der Waals surface area contributed by atoms with Crippen LogP contribution < -0.4 is 0 Å². The molecule has 2 aromatic rings. The van der Waals surface area contributed by atoms with Gasteiger partial charge in [0.1, 0.15) is 0 Å². The number of rotatable bonds is 6. The fraction of sp³-hybridized carbons (Fsp3) is 0.421. The number of carbonyl (C=O) groups excluding carboxylic acids is 1. The number of amides is 1. The molecule has 3 nitrogen and oxygen atoms in total. The molecule has 1 aromatic heterocycles. The lowest BCUT2D eigenvalue weighted by molar-refractivity contribution is -0.133. The van der Waals surface area contributed by atoms with Crippen molar-refractivity contribution >= 4 is 29.0 Å². The Kier molecular flexibility index (Phi) is 5.98. The van der Waals surface area contributed by atoms with Crippen molar-refractivity contribution < 1.29 is 4.79 Å². The van der Waals surface area contributed by atoms with E-state index < -0.39 is 0 Å². The highest BCUT2D eigenvalue weighted by molar-refractivity contribution is 7.98. The molecule has 0 saturated carbocycles. The van der Waals surface area contributed by atoms with Crippen molar-refractivity contribution in [3.8, 4) is 0 Å². The molecule has 1 aliphatic heterocycles. The molecule has 1 saturated heterocycles. The van der Waals surface area contributed by atoms with E-state index in [0.717, 1.165) is 25.9 Å². The largest absolute Gasteiger partial charge is 0.334 e. The van der Waals surface area contributed by atoms with Gasteiger partial charge in [-0.05, 0) is 55.3 Å².